The minimum Gasteiger partial charge on any atom is -0.504 e. The summed E-state index contributed by atoms with van der Waals surface area (Å²) in [6.07, 6.45) is 1.04. The average Bonchev–Trinajstić information content (AvgIpc) is 3.23. The molecule has 4 rings (SSSR count). The summed E-state index contributed by atoms with van der Waals surface area (Å²) in [5.74, 6) is -0.220. The van der Waals surface area contributed by atoms with Gasteiger partial charge in [0, 0.05) is 31.6 Å². The first-order valence-electron chi connectivity index (χ1n) is 9.36. The highest BCUT2D eigenvalue weighted by Gasteiger charge is 2.27. The summed E-state index contributed by atoms with van der Waals surface area (Å²) in [7, 11) is 0. The normalized spacial score (nSPS) is 17.6. The van der Waals surface area contributed by atoms with Crippen LogP contribution >= 0.6 is 0 Å². The van der Waals surface area contributed by atoms with E-state index in [-0.39, 0.29) is 22.2 Å². The van der Waals surface area contributed by atoms with Crippen LogP contribution in [-0.4, -0.2) is 45.0 Å². The molecule has 8 heteroatoms. The molecule has 1 atom stereocenters. The first-order chi connectivity index (χ1) is 13.2. The molecule has 1 fully saturated rings. The third kappa shape index (κ3) is 3.52. The fraction of sp³-hybridized carbons (Fsp3) is 0.450. The molecule has 1 aliphatic heterocycles. The second-order valence-corrected chi connectivity index (χ2v) is 8.27. The number of nitrogens with one attached hydrogen (secondary N) is 1. The van der Waals surface area contributed by atoms with Crippen molar-refractivity contribution in [2.45, 2.75) is 45.7 Å². The molecular formula is C20H24FN5O2. The van der Waals surface area contributed by atoms with E-state index in [9.17, 15) is 9.50 Å². The Bertz CT molecular complexity index is 1010. The molecule has 0 amide bonds. The number of benzene rings is 1. The summed E-state index contributed by atoms with van der Waals surface area (Å²) in [6.45, 7) is 9.84. The van der Waals surface area contributed by atoms with Gasteiger partial charge in [0.1, 0.15) is 5.52 Å². The zero-order valence-corrected chi connectivity index (χ0v) is 16.5. The standard InChI is InChI=1S/C20H24FN5O2/c1-11-22-18-15(28-11)9-13(19(27)17(18)21)14-5-6-16(25-24-14)26-8-7-12(10-26)23-20(2,3)4/h5-6,9,12,23,27H,7-8,10H2,1-4H3/t12-/m0/s1. The molecule has 0 saturated carbocycles. The van der Waals surface area contributed by atoms with Crippen LogP contribution in [0.25, 0.3) is 22.4 Å². The third-order valence-corrected chi connectivity index (χ3v) is 4.78. The first-order valence-corrected chi connectivity index (χ1v) is 9.36. The average molecular weight is 385 g/mol. The number of aryl methyl sites for hydroxylation is 1. The van der Waals surface area contributed by atoms with Crippen molar-refractivity contribution in [1.82, 2.24) is 20.5 Å². The summed E-state index contributed by atoms with van der Waals surface area (Å²) in [4.78, 5) is 6.13. The molecule has 0 spiro atoms. The Hall–Kier alpha value is -2.74. The zero-order chi connectivity index (χ0) is 20.1. The number of halogens is 1. The van der Waals surface area contributed by atoms with Crippen molar-refractivity contribution in [1.29, 1.82) is 0 Å². The van der Waals surface area contributed by atoms with Crippen molar-refractivity contribution >= 4 is 16.9 Å². The van der Waals surface area contributed by atoms with Gasteiger partial charge in [0.15, 0.2) is 28.9 Å². The van der Waals surface area contributed by atoms with Gasteiger partial charge in [0.25, 0.3) is 0 Å². The SMILES string of the molecule is Cc1nc2c(F)c(O)c(-c3ccc(N4CC[C@H](NC(C)(C)C)C4)nn3)cc2o1. The van der Waals surface area contributed by atoms with Crippen molar-refractivity contribution in [2.24, 2.45) is 0 Å². The quantitative estimate of drug-likeness (QED) is 0.714. The van der Waals surface area contributed by atoms with Gasteiger partial charge in [-0.15, -0.1) is 10.2 Å². The van der Waals surface area contributed by atoms with E-state index in [0.717, 1.165) is 25.3 Å². The van der Waals surface area contributed by atoms with Crippen molar-refractivity contribution in [3.63, 3.8) is 0 Å². The lowest BCUT2D eigenvalue weighted by Gasteiger charge is -2.26. The van der Waals surface area contributed by atoms with Crippen molar-refractivity contribution in [2.75, 3.05) is 18.0 Å². The fourth-order valence-electron chi connectivity index (χ4n) is 3.66. The van der Waals surface area contributed by atoms with Crippen LogP contribution in [0.3, 0.4) is 0 Å². The van der Waals surface area contributed by atoms with E-state index >= 15 is 0 Å². The minimum atomic E-state index is -0.814. The van der Waals surface area contributed by atoms with Gasteiger partial charge in [-0.2, -0.15) is 0 Å². The van der Waals surface area contributed by atoms with Gasteiger partial charge in [-0.1, -0.05) is 0 Å². The predicted molar refractivity (Wildman–Crippen MR) is 105 cm³/mol. The second kappa shape index (κ2) is 6.70. The smallest absolute Gasteiger partial charge is 0.195 e. The Morgan fingerprint density at radius 2 is 2.07 bits per heavy atom. The molecule has 3 aromatic rings. The van der Waals surface area contributed by atoms with E-state index in [1.54, 1.807) is 13.0 Å². The summed E-state index contributed by atoms with van der Waals surface area (Å²) >= 11 is 0. The summed E-state index contributed by atoms with van der Waals surface area (Å²) in [5, 5.41) is 22.3. The Labute approximate surface area is 162 Å². The maximum Gasteiger partial charge on any atom is 0.195 e. The summed E-state index contributed by atoms with van der Waals surface area (Å²) in [6, 6.07) is 5.51. The molecule has 0 bridgehead atoms. The monoisotopic (exact) mass is 385 g/mol. The van der Waals surface area contributed by atoms with Crippen LogP contribution < -0.4 is 10.2 Å². The van der Waals surface area contributed by atoms with Crippen LogP contribution in [0.4, 0.5) is 10.2 Å². The highest BCUT2D eigenvalue weighted by Crippen LogP contribution is 2.36. The molecular weight excluding hydrogens is 361 g/mol. The highest BCUT2D eigenvalue weighted by atomic mass is 19.1. The predicted octanol–water partition coefficient (Wildman–Crippen LogP) is 3.40. The maximum absolute atomic E-state index is 14.4. The van der Waals surface area contributed by atoms with E-state index in [1.165, 1.54) is 6.07 Å². The van der Waals surface area contributed by atoms with Gasteiger partial charge in [-0.3, -0.25) is 0 Å². The maximum atomic E-state index is 14.4. The molecule has 0 aliphatic carbocycles. The molecule has 2 aromatic heterocycles. The number of phenols is 1. The number of aromatic nitrogens is 3. The molecule has 2 N–H and O–H groups in total. The van der Waals surface area contributed by atoms with Crippen LogP contribution in [0.1, 0.15) is 33.1 Å². The number of hydrogen-bond donors (Lipinski definition) is 2. The number of rotatable bonds is 3. The molecule has 3 heterocycles. The minimum absolute atomic E-state index is 0.0118. The number of hydrogen-bond acceptors (Lipinski definition) is 7. The molecule has 1 saturated heterocycles. The van der Waals surface area contributed by atoms with Crippen LogP contribution in [0, 0.1) is 12.7 Å². The van der Waals surface area contributed by atoms with E-state index < -0.39 is 11.6 Å². The van der Waals surface area contributed by atoms with Gasteiger partial charge < -0.3 is 19.7 Å². The number of fused-ring (bicyclic) bond motifs is 1. The number of nitrogens with zero attached hydrogens (tertiary/aromatic N) is 4. The zero-order valence-electron chi connectivity index (χ0n) is 16.5. The Balaban J connectivity index is 1.57. The molecule has 1 aromatic carbocycles. The van der Waals surface area contributed by atoms with E-state index in [0.29, 0.717) is 17.6 Å². The lowest BCUT2D eigenvalue weighted by molar-refractivity contribution is 0.373. The Morgan fingerprint density at radius 3 is 2.75 bits per heavy atom. The van der Waals surface area contributed by atoms with Crippen molar-refractivity contribution < 1.29 is 13.9 Å². The van der Waals surface area contributed by atoms with Crippen LogP contribution in [-0.2, 0) is 0 Å². The number of phenolic OH excluding ortho intramolecular Hbond substituents is 1. The van der Waals surface area contributed by atoms with Crippen molar-refractivity contribution in [3.05, 3.63) is 29.9 Å². The summed E-state index contributed by atoms with van der Waals surface area (Å²) in [5.41, 5.74) is 0.950. The molecule has 7 nitrogen and oxygen atoms in total. The molecule has 28 heavy (non-hydrogen) atoms. The van der Waals surface area contributed by atoms with Crippen LogP contribution in [0.5, 0.6) is 5.75 Å². The lowest BCUT2D eigenvalue weighted by Crippen LogP contribution is -2.45. The second-order valence-electron chi connectivity index (χ2n) is 8.27. The van der Waals surface area contributed by atoms with E-state index in [1.807, 2.05) is 6.07 Å². The lowest BCUT2D eigenvalue weighted by atomic mass is 10.1. The molecule has 148 valence electrons. The molecule has 0 radical (unpaired) electrons. The summed E-state index contributed by atoms with van der Waals surface area (Å²) < 4.78 is 19.8. The van der Waals surface area contributed by atoms with Crippen LogP contribution in [0.2, 0.25) is 0 Å². The largest absolute Gasteiger partial charge is 0.504 e. The van der Waals surface area contributed by atoms with E-state index in [4.69, 9.17) is 4.42 Å². The van der Waals surface area contributed by atoms with Gasteiger partial charge in [0.05, 0.1) is 11.3 Å². The van der Waals surface area contributed by atoms with Crippen LogP contribution in [0.15, 0.2) is 22.6 Å². The van der Waals surface area contributed by atoms with Gasteiger partial charge in [-0.05, 0) is 45.4 Å². The van der Waals surface area contributed by atoms with Gasteiger partial charge >= 0.3 is 0 Å². The number of oxazole rings is 1. The molecule has 1 aliphatic rings. The Morgan fingerprint density at radius 1 is 1.29 bits per heavy atom. The number of aromatic hydroxyl groups is 1. The van der Waals surface area contributed by atoms with Gasteiger partial charge in [0.2, 0.25) is 0 Å². The fourth-order valence-corrected chi connectivity index (χ4v) is 3.66. The Kier molecular flexibility index (Phi) is 4.45. The highest BCUT2D eigenvalue weighted by molar-refractivity contribution is 5.84. The number of anilines is 1. The molecule has 0 unspecified atom stereocenters. The van der Waals surface area contributed by atoms with E-state index in [2.05, 4.69) is 46.2 Å². The third-order valence-electron chi connectivity index (χ3n) is 4.78. The topological polar surface area (TPSA) is 87.3 Å². The van der Waals surface area contributed by atoms with Crippen molar-refractivity contribution in [3.8, 4) is 17.0 Å². The first kappa shape index (κ1) is 18.6. The van der Waals surface area contributed by atoms with Gasteiger partial charge in [-0.25, -0.2) is 9.37 Å².